The van der Waals surface area contributed by atoms with Crippen molar-refractivity contribution >= 4 is 17.2 Å². The van der Waals surface area contributed by atoms with Crippen LogP contribution < -0.4 is 5.32 Å². The second kappa shape index (κ2) is 6.54. The summed E-state index contributed by atoms with van der Waals surface area (Å²) in [5, 5.41) is 11.6. The molecule has 1 atom stereocenters. The lowest BCUT2D eigenvalue weighted by Gasteiger charge is -2.24. The maximum absolute atomic E-state index is 7.31. The molecule has 0 saturated carbocycles. The number of hydrogen-bond acceptors (Lipinski definition) is 5. The molecule has 2 aromatic heterocycles. The van der Waals surface area contributed by atoms with Crippen LogP contribution >= 0.6 is 0 Å². The SMILES string of the molecule is COC(C)(C=N)NCCCc1ccc2cccnc2n1. The number of aromatic nitrogens is 2. The molecule has 0 amide bonds. The van der Waals surface area contributed by atoms with E-state index >= 15 is 0 Å². The van der Waals surface area contributed by atoms with Crippen molar-refractivity contribution in [2.45, 2.75) is 25.5 Å². The molecule has 1 unspecified atom stereocenters. The Bertz CT molecular complexity index is 587. The van der Waals surface area contributed by atoms with E-state index < -0.39 is 5.72 Å². The lowest BCUT2D eigenvalue weighted by Crippen LogP contribution is -2.45. The molecule has 0 aliphatic heterocycles. The number of nitrogens with zero attached hydrogens (tertiary/aromatic N) is 2. The van der Waals surface area contributed by atoms with Crippen LogP contribution in [0.15, 0.2) is 30.5 Å². The molecule has 2 heterocycles. The molecule has 20 heavy (non-hydrogen) atoms. The summed E-state index contributed by atoms with van der Waals surface area (Å²) in [5.74, 6) is 0. The molecule has 2 N–H and O–H groups in total. The zero-order valence-electron chi connectivity index (χ0n) is 11.9. The third kappa shape index (κ3) is 3.59. The maximum Gasteiger partial charge on any atom is 0.159 e. The van der Waals surface area contributed by atoms with Gasteiger partial charge >= 0.3 is 0 Å². The predicted octanol–water partition coefficient (Wildman–Crippen LogP) is 2.16. The minimum Gasteiger partial charge on any atom is -0.359 e. The third-order valence-corrected chi connectivity index (χ3v) is 3.31. The van der Waals surface area contributed by atoms with Crippen LogP contribution in [0.1, 0.15) is 19.0 Å². The molecule has 5 heteroatoms. The summed E-state index contributed by atoms with van der Waals surface area (Å²) in [5.41, 5.74) is 1.14. The van der Waals surface area contributed by atoms with E-state index in [0.717, 1.165) is 36.1 Å². The number of rotatable bonds is 7. The van der Waals surface area contributed by atoms with Gasteiger partial charge in [-0.25, -0.2) is 9.97 Å². The molecule has 0 radical (unpaired) electrons. The van der Waals surface area contributed by atoms with Crippen molar-refractivity contribution in [3.05, 3.63) is 36.2 Å². The Morgan fingerprint density at radius 3 is 3.00 bits per heavy atom. The smallest absolute Gasteiger partial charge is 0.159 e. The summed E-state index contributed by atoms with van der Waals surface area (Å²) >= 11 is 0. The molecule has 0 spiro atoms. The number of methoxy groups -OCH3 is 1. The first kappa shape index (κ1) is 14.6. The highest BCUT2D eigenvalue weighted by molar-refractivity contribution is 5.74. The minimum atomic E-state index is -0.682. The lowest BCUT2D eigenvalue weighted by atomic mass is 10.2. The average Bonchev–Trinajstić information content (AvgIpc) is 2.51. The van der Waals surface area contributed by atoms with Crippen LogP contribution in [0, 0.1) is 5.41 Å². The third-order valence-electron chi connectivity index (χ3n) is 3.31. The summed E-state index contributed by atoms with van der Waals surface area (Å²) in [6.45, 7) is 2.60. The molecular formula is C15H20N4O. The molecule has 0 saturated heterocycles. The van der Waals surface area contributed by atoms with Gasteiger partial charge in [0.25, 0.3) is 0 Å². The normalized spacial score (nSPS) is 14.1. The molecular weight excluding hydrogens is 252 g/mol. The van der Waals surface area contributed by atoms with E-state index in [-0.39, 0.29) is 0 Å². The monoisotopic (exact) mass is 272 g/mol. The summed E-state index contributed by atoms with van der Waals surface area (Å²) < 4.78 is 5.22. The van der Waals surface area contributed by atoms with Crippen LogP contribution in [0.2, 0.25) is 0 Å². The van der Waals surface area contributed by atoms with E-state index in [4.69, 9.17) is 10.1 Å². The van der Waals surface area contributed by atoms with Crippen LogP contribution in [0.3, 0.4) is 0 Å². The van der Waals surface area contributed by atoms with Gasteiger partial charge in [0.05, 0.1) is 0 Å². The summed E-state index contributed by atoms with van der Waals surface area (Å²) in [6, 6.07) is 8.01. The van der Waals surface area contributed by atoms with Gasteiger partial charge in [0.15, 0.2) is 11.4 Å². The zero-order valence-corrected chi connectivity index (χ0v) is 11.9. The van der Waals surface area contributed by atoms with E-state index in [2.05, 4.69) is 21.4 Å². The quantitative estimate of drug-likeness (QED) is 0.460. The Hall–Kier alpha value is -1.85. The van der Waals surface area contributed by atoms with Gasteiger partial charge in [0, 0.05) is 30.6 Å². The fourth-order valence-electron chi connectivity index (χ4n) is 1.92. The van der Waals surface area contributed by atoms with Crippen molar-refractivity contribution < 1.29 is 4.74 Å². The maximum atomic E-state index is 7.31. The second-order valence-corrected chi connectivity index (χ2v) is 4.84. The topological polar surface area (TPSA) is 70.9 Å². The first-order chi connectivity index (χ1) is 9.67. The van der Waals surface area contributed by atoms with Crippen molar-refractivity contribution in [2.24, 2.45) is 0 Å². The van der Waals surface area contributed by atoms with Crippen molar-refractivity contribution in [1.82, 2.24) is 15.3 Å². The lowest BCUT2D eigenvalue weighted by molar-refractivity contribution is 0.0404. The van der Waals surface area contributed by atoms with E-state index in [0.29, 0.717) is 0 Å². The molecule has 106 valence electrons. The summed E-state index contributed by atoms with van der Waals surface area (Å²) in [6.07, 6.45) is 4.83. The largest absolute Gasteiger partial charge is 0.359 e. The van der Waals surface area contributed by atoms with Crippen LogP contribution in [-0.4, -0.2) is 35.6 Å². The van der Waals surface area contributed by atoms with Crippen molar-refractivity contribution in [3.8, 4) is 0 Å². The Morgan fingerprint density at radius 2 is 2.25 bits per heavy atom. The van der Waals surface area contributed by atoms with Gasteiger partial charge in [-0.15, -0.1) is 0 Å². The van der Waals surface area contributed by atoms with Gasteiger partial charge in [-0.05, 0) is 50.6 Å². The molecule has 0 aliphatic rings. The van der Waals surface area contributed by atoms with E-state index in [9.17, 15) is 0 Å². The first-order valence-corrected chi connectivity index (χ1v) is 6.69. The van der Waals surface area contributed by atoms with Gasteiger partial charge in [0.2, 0.25) is 0 Å². The molecule has 5 nitrogen and oxygen atoms in total. The van der Waals surface area contributed by atoms with Crippen molar-refractivity contribution in [1.29, 1.82) is 5.41 Å². The molecule has 0 aromatic carbocycles. The Morgan fingerprint density at radius 1 is 1.40 bits per heavy atom. The Balaban J connectivity index is 1.88. The fraction of sp³-hybridized carbons (Fsp3) is 0.400. The van der Waals surface area contributed by atoms with Gasteiger partial charge in [-0.3, -0.25) is 5.32 Å². The van der Waals surface area contributed by atoms with Gasteiger partial charge in [-0.2, -0.15) is 0 Å². The molecule has 0 aliphatic carbocycles. The highest BCUT2D eigenvalue weighted by Gasteiger charge is 2.18. The second-order valence-electron chi connectivity index (χ2n) is 4.84. The van der Waals surface area contributed by atoms with Crippen LogP contribution in [0.25, 0.3) is 11.0 Å². The summed E-state index contributed by atoms with van der Waals surface area (Å²) in [4.78, 5) is 8.79. The predicted molar refractivity (Wildman–Crippen MR) is 80.1 cm³/mol. The highest BCUT2D eigenvalue weighted by atomic mass is 16.5. The first-order valence-electron chi connectivity index (χ1n) is 6.69. The minimum absolute atomic E-state index is 0.682. The highest BCUT2D eigenvalue weighted by Crippen LogP contribution is 2.10. The fourth-order valence-corrected chi connectivity index (χ4v) is 1.92. The number of hydrogen-bond donors (Lipinski definition) is 2. The van der Waals surface area contributed by atoms with Crippen LogP contribution in [-0.2, 0) is 11.2 Å². The van der Waals surface area contributed by atoms with Crippen molar-refractivity contribution in [3.63, 3.8) is 0 Å². The number of ether oxygens (including phenoxy) is 1. The number of nitrogens with one attached hydrogen (secondary N) is 2. The molecule has 2 rings (SSSR count). The molecule has 2 aromatic rings. The Kier molecular flexibility index (Phi) is 4.76. The van der Waals surface area contributed by atoms with Crippen LogP contribution in [0.4, 0.5) is 0 Å². The van der Waals surface area contributed by atoms with Crippen LogP contribution in [0.5, 0.6) is 0 Å². The number of pyridine rings is 2. The Labute approximate surface area is 118 Å². The van der Waals surface area contributed by atoms with E-state index in [1.165, 1.54) is 6.21 Å². The average molecular weight is 272 g/mol. The zero-order chi connectivity index (χ0) is 14.4. The molecule has 0 bridgehead atoms. The van der Waals surface area contributed by atoms with Gasteiger partial charge in [-0.1, -0.05) is 0 Å². The standard InChI is InChI=1S/C15H20N4O/c1-15(11-16,20-2)18-10-4-6-13-8-7-12-5-3-9-17-14(12)19-13/h3,5,7-9,11,16,18H,4,6,10H2,1-2H3. The van der Waals surface area contributed by atoms with Gasteiger partial charge in [0.1, 0.15) is 0 Å². The molecule has 0 fully saturated rings. The van der Waals surface area contributed by atoms with Crippen molar-refractivity contribution in [2.75, 3.05) is 13.7 Å². The summed E-state index contributed by atoms with van der Waals surface area (Å²) in [7, 11) is 1.59. The van der Waals surface area contributed by atoms with Gasteiger partial charge < -0.3 is 10.1 Å². The van der Waals surface area contributed by atoms with E-state index in [1.807, 2.05) is 25.1 Å². The van der Waals surface area contributed by atoms with E-state index in [1.54, 1.807) is 13.3 Å². The number of aryl methyl sites for hydroxylation is 1. The number of fused-ring (bicyclic) bond motifs is 1.